The van der Waals surface area contributed by atoms with E-state index in [0.717, 1.165) is 59.5 Å². The molecule has 0 atom stereocenters. The first-order chi connectivity index (χ1) is 16.7. The van der Waals surface area contributed by atoms with Gasteiger partial charge in [-0.05, 0) is 44.5 Å². The van der Waals surface area contributed by atoms with E-state index in [9.17, 15) is 4.79 Å². The number of hydrogen-bond acceptors (Lipinski definition) is 6. The monoisotopic (exact) mass is 616 g/mol. The number of amidine groups is 1. The quantitative estimate of drug-likeness (QED) is 0.278. The van der Waals surface area contributed by atoms with Gasteiger partial charge in [0.2, 0.25) is 6.73 Å². The molecule has 0 aliphatic carbocycles. The molecule has 0 amide bonds. The lowest BCUT2D eigenvalue weighted by Gasteiger charge is -2.42. The lowest BCUT2D eigenvalue weighted by Crippen LogP contribution is -3.00. The van der Waals surface area contributed by atoms with Crippen molar-refractivity contribution < 1.29 is 38.0 Å². The van der Waals surface area contributed by atoms with E-state index in [1.54, 1.807) is 11.3 Å². The molecular formula is C28H33IN4O2S. The van der Waals surface area contributed by atoms with Gasteiger partial charge in [-0.1, -0.05) is 42.5 Å². The van der Waals surface area contributed by atoms with Gasteiger partial charge < -0.3 is 38.9 Å². The van der Waals surface area contributed by atoms with Crippen molar-refractivity contribution in [1.82, 2.24) is 4.90 Å². The highest BCUT2D eigenvalue weighted by atomic mass is 127. The lowest BCUT2D eigenvalue weighted by molar-refractivity contribution is -0.929. The number of thiophene rings is 1. The fraction of sp³-hybridized carbons (Fsp3) is 0.357. The molecule has 6 nitrogen and oxygen atoms in total. The van der Waals surface area contributed by atoms with Crippen LogP contribution in [0.2, 0.25) is 0 Å². The number of hydrogen-bond donors (Lipinski definition) is 1. The molecule has 8 heteroatoms. The number of rotatable bonds is 4. The summed E-state index contributed by atoms with van der Waals surface area (Å²) < 4.78 is 6.59. The second-order valence-electron chi connectivity index (χ2n) is 10.3. The molecule has 0 unspecified atom stereocenters. The van der Waals surface area contributed by atoms with Crippen LogP contribution in [0.5, 0.6) is 0 Å². The van der Waals surface area contributed by atoms with Crippen molar-refractivity contribution in [2.24, 2.45) is 4.99 Å². The number of piperazine rings is 1. The SMILES string of the molecule is Cc1cc2c(s1)Nc1ccccc1N=C2N1CC[N+](C)(COC(=O)C(C)(C)c2ccccc2)CC1.[I-]. The number of aryl methyl sites for hydroxylation is 1. The van der Waals surface area contributed by atoms with Gasteiger partial charge in [-0.3, -0.25) is 9.28 Å². The third-order valence-corrected chi connectivity index (χ3v) is 8.07. The lowest BCUT2D eigenvalue weighted by atomic mass is 9.85. The Labute approximate surface area is 234 Å². The minimum atomic E-state index is -0.676. The van der Waals surface area contributed by atoms with E-state index in [1.165, 1.54) is 4.88 Å². The number of likely N-dealkylation sites (N-methyl/N-ethyl adjacent to an activating group) is 1. The number of fused-ring (bicyclic) bond motifs is 2. The summed E-state index contributed by atoms with van der Waals surface area (Å²) in [5, 5.41) is 4.73. The number of aliphatic imine (C=N–C) groups is 1. The Balaban J connectivity index is 0.00000304. The third kappa shape index (κ3) is 5.31. The molecule has 2 aliphatic rings. The van der Waals surface area contributed by atoms with Gasteiger partial charge in [0, 0.05) is 4.88 Å². The number of benzene rings is 2. The minimum Gasteiger partial charge on any atom is -1.00 e. The molecule has 1 fully saturated rings. The van der Waals surface area contributed by atoms with Crippen LogP contribution in [0, 0.1) is 6.92 Å². The predicted molar refractivity (Wildman–Crippen MR) is 143 cm³/mol. The molecule has 5 rings (SSSR count). The molecule has 3 heterocycles. The number of nitrogens with one attached hydrogen (secondary N) is 1. The van der Waals surface area contributed by atoms with Crippen LogP contribution in [0.15, 0.2) is 65.7 Å². The van der Waals surface area contributed by atoms with Gasteiger partial charge in [-0.15, -0.1) is 11.3 Å². The standard InChI is InChI=1S/C28H33N4O2S.HI/c1-20-18-22-25(29-23-12-8-9-13-24(23)30-26(22)35-20)31-14-16-32(4,17-15-31)19-34-27(33)28(2,3)21-10-6-5-7-11-21;/h5-13,18,30H,14-17,19H2,1-4H3;1H/q+1;/p-1. The van der Waals surface area contributed by atoms with Crippen LogP contribution in [-0.4, -0.2) is 61.1 Å². The molecule has 0 saturated carbocycles. The average Bonchev–Trinajstić information content (AvgIpc) is 3.15. The van der Waals surface area contributed by atoms with E-state index in [0.29, 0.717) is 11.2 Å². The molecular weight excluding hydrogens is 583 g/mol. The Morgan fingerprint density at radius 3 is 2.50 bits per heavy atom. The zero-order chi connectivity index (χ0) is 24.6. The normalized spacial score (nSPS) is 16.4. The van der Waals surface area contributed by atoms with Crippen LogP contribution in [0.25, 0.3) is 0 Å². The van der Waals surface area contributed by atoms with Gasteiger partial charge in [0.25, 0.3) is 0 Å². The first-order valence-corrected chi connectivity index (χ1v) is 12.9. The number of esters is 1. The number of quaternary nitrogens is 1. The second-order valence-corrected chi connectivity index (χ2v) is 11.5. The van der Waals surface area contributed by atoms with Gasteiger partial charge in [-0.25, -0.2) is 4.99 Å². The Kier molecular flexibility index (Phi) is 7.78. The zero-order valence-corrected chi connectivity index (χ0v) is 24.2. The molecule has 36 heavy (non-hydrogen) atoms. The van der Waals surface area contributed by atoms with Crippen LogP contribution in [0.4, 0.5) is 16.4 Å². The number of carbonyl (C=O) groups excluding carboxylic acids is 1. The third-order valence-electron chi connectivity index (χ3n) is 7.11. The molecule has 0 bridgehead atoms. The minimum absolute atomic E-state index is 0. The van der Waals surface area contributed by atoms with Crippen LogP contribution in [0.3, 0.4) is 0 Å². The van der Waals surface area contributed by atoms with Gasteiger partial charge in [-0.2, -0.15) is 0 Å². The summed E-state index contributed by atoms with van der Waals surface area (Å²) in [6.07, 6.45) is 0. The number of halogens is 1. The van der Waals surface area contributed by atoms with E-state index in [4.69, 9.17) is 9.73 Å². The first-order valence-electron chi connectivity index (χ1n) is 12.1. The number of anilines is 2. The zero-order valence-electron chi connectivity index (χ0n) is 21.3. The molecule has 3 aromatic rings. The van der Waals surface area contributed by atoms with Crippen molar-refractivity contribution in [3.05, 3.63) is 76.7 Å². The summed E-state index contributed by atoms with van der Waals surface area (Å²) in [6.45, 7) is 9.84. The first kappa shape index (κ1) is 26.6. The van der Waals surface area contributed by atoms with Gasteiger partial charge in [0.15, 0.2) is 0 Å². The second kappa shape index (κ2) is 10.5. The highest BCUT2D eigenvalue weighted by Gasteiger charge is 2.36. The van der Waals surface area contributed by atoms with Crippen molar-refractivity contribution >= 4 is 39.5 Å². The Hall–Kier alpha value is -2.43. The van der Waals surface area contributed by atoms with Crippen LogP contribution in [-0.2, 0) is 14.9 Å². The number of para-hydroxylation sites is 2. The van der Waals surface area contributed by atoms with Crippen molar-refractivity contribution in [1.29, 1.82) is 0 Å². The van der Waals surface area contributed by atoms with E-state index >= 15 is 0 Å². The summed E-state index contributed by atoms with van der Waals surface area (Å²) in [5.74, 6) is 0.843. The largest absolute Gasteiger partial charge is 1.00 e. The maximum Gasteiger partial charge on any atom is 0.320 e. The molecule has 0 radical (unpaired) electrons. The highest BCUT2D eigenvalue weighted by Crippen LogP contribution is 2.39. The van der Waals surface area contributed by atoms with E-state index in [2.05, 4.69) is 42.4 Å². The highest BCUT2D eigenvalue weighted by molar-refractivity contribution is 7.16. The van der Waals surface area contributed by atoms with E-state index in [-0.39, 0.29) is 29.9 Å². The van der Waals surface area contributed by atoms with Crippen molar-refractivity contribution in [2.45, 2.75) is 26.2 Å². The Morgan fingerprint density at radius 1 is 1.11 bits per heavy atom. The summed E-state index contributed by atoms with van der Waals surface area (Å²) in [7, 11) is 2.17. The molecule has 2 aliphatic heterocycles. The Bertz CT molecular complexity index is 1260. The maximum atomic E-state index is 13.0. The van der Waals surface area contributed by atoms with Crippen molar-refractivity contribution in [3.63, 3.8) is 0 Å². The average molecular weight is 617 g/mol. The van der Waals surface area contributed by atoms with Crippen LogP contribution < -0.4 is 29.3 Å². The molecule has 1 N–H and O–H groups in total. The van der Waals surface area contributed by atoms with Crippen LogP contribution in [0.1, 0.15) is 29.9 Å². The van der Waals surface area contributed by atoms with Gasteiger partial charge in [0.1, 0.15) is 10.8 Å². The number of carbonyl (C=O) groups is 1. The topological polar surface area (TPSA) is 53.9 Å². The van der Waals surface area contributed by atoms with Gasteiger partial charge >= 0.3 is 5.97 Å². The smallest absolute Gasteiger partial charge is 0.320 e. The molecule has 1 aromatic heterocycles. The van der Waals surface area contributed by atoms with Crippen molar-refractivity contribution in [3.8, 4) is 0 Å². The fourth-order valence-corrected chi connectivity index (χ4v) is 5.56. The molecule has 1 saturated heterocycles. The fourth-order valence-electron chi connectivity index (χ4n) is 4.64. The summed E-state index contributed by atoms with van der Waals surface area (Å²) in [5.41, 5.74) is 3.46. The molecule has 190 valence electrons. The number of nitrogens with zero attached hydrogens (tertiary/aromatic N) is 3. The van der Waals surface area contributed by atoms with E-state index < -0.39 is 5.41 Å². The number of ether oxygens (including phenoxy) is 1. The summed E-state index contributed by atoms with van der Waals surface area (Å²) in [4.78, 5) is 21.7. The summed E-state index contributed by atoms with van der Waals surface area (Å²) in [6, 6.07) is 20.3. The Morgan fingerprint density at radius 2 is 1.78 bits per heavy atom. The molecule has 2 aromatic carbocycles. The molecule has 0 spiro atoms. The predicted octanol–water partition coefficient (Wildman–Crippen LogP) is 2.44. The van der Waals surface area contributed by atoms with Crippen LogP contribution >= 0.6 is 11.3 Å². The summed E-state index contributed by atoms with van der Waals surface area (Å²) >= 11 is 1.77. The van der Waals surface area contributed by atoms with E-state index in [1.807, 2.05) is 56.3 Å². The van der Waals surface area contributed by atoms with Gasteiger partial charge in [0.05, 0.1) is 55.6 Å². The maximum absolute atomic E-state index is 13.0. The van der Waals surface area contributed by atoms with Crippen molar-refractivity contribution in [2.75, 3.05) is 45.3 Å².